The van der Waals surface area contributed by atoms with E-state index in [2.05, 4.69) is 13.2 Å². The van der Waals surface area contributed by atoms with Gasteiger partial charge in [0.05, 0.1) is 13.2 Å². The van der Waals surface area contributed by atoms with E-state index < -0.39 is 5.60 Å². The fourth-order valence-electron chi connectivity index (χ4n) is 1.33. The lowest BCUT2D eigenvalue weighted by atomic mass is 9.95. The summed E-state index contributed by atoms with van der Waals surface area (Å²) in [5.74, 6) is 0. The van der Waals surface area contributed by atoms with Crippen molar-refractivity contribution >= 4 is 6.29 Å². The van der Waals surface area contributed by atoms with Gasteiger partial charge in [0.15, 0.2) is 6.29 Å². The number of carbonyl (C=O) groups excluding carboxylic acids is 1. The van der Waals surface area contributed by atoms with Gasteiger partial charge in [0.2, 0.25) is 0 Å². The molecule has 0 aromatic heterocycles. The van der Waals surface area contributed by atoms with Crippen molar-refractivity contribution in [2.75, 3.05) is 27.1 Å². The third-order valence-electron chi connectivity index (χ3n) is 2.34. The van der Waals surface area contributed by atoms with Gasteiger partial charge in [0, 0.05) is 13.5 Å². The van der Waals surface area contributed by atoms with Crippen LogP contribution in [0.5, 0.6) is 0 Å². The lowest BCUT2D eigenvalue weighted by molar-refractivity contribution is -0.159. The SMILES string of the molecule is C=CCCC(C=O)(CC=C)OCOCCOC. The molecule has 0 saturated heterocycles. The Kier molecular flexibility index (Phi) is 9.62. The summed E-state index contributed by atoms with van der Waals surface area (Å²) in [5.41, 5.74) is -0.844. The van der Waals surface area contributed by atoms with Crippen molar-refractivity contribution in [3.05, 3.63) is 25.3 Å². The highest BCUT2D eigenvalue weighted by Gasteiger charge is 2.28. The molecule has 0 aromatic rings. The number of aldehydes is 1. The van der Waals surface area contributed by atoms with Crippen LogP contribution in [-0.4, -0.2) is 39.0 Å². The minimum atomic E-state index is -0.844. The lowest BCUT2D eigenvalue weighted by Crippen LogP contribution is -2.35. The highest BCUT2D eigenvalue weighted by molar-refractivity contribution is 5.62. The molecule has 17 heavy (non-hydrogen) atoms. The molecule has 0 aliphatic carbocycles. The van der Waals surface area contributed by atoms with Crippen molar-refractivity contribution in [3.63, 3.8) is 0 Å². The smallest absolute Gasteiger partial charge is 0.152 e. The standard InChI is InChI=1S/C13H22O4/c1-4-6-8-13(11-14,7-5-2)17-12-16-10-9-15-3/h4-5,11H,1-2,6-10,12H2,3H3. The van der Waals surface area contributed by atoms with Crippen LogP contribution in [0.3, 0.4) is 0 Å². The molecule has 0 aromatic carbocycles. The van der Waals surface area contributed by atoms with E-state index in [1.807, 2.05) is 0 Å². The summed E-state index contributed by atoms with van der Waals surface area (Å²) in [6.07, 6.45) is 6.02. The molecule has 1 atom stereocenters. The van der Waals surface area contributed by atoms with Gasteiger partial charge in [0.1, 0.15) is 12.4 Å². The Morgan fingerprint density at radius 1 is 1.24 bits per heavy atom. The average molecular weight is 242 g/mol. The van der Waals surface area contributed by atoms with Crippen molar-refractivity contribution in [1.82, 2.24) is 0 Å². The first-order valence-electron chi connectivity index (χ1n) is 5.63. The number of carbonyl (C=O) groups is 1. The maximum absolute atomic E-state index is 11.2. The van der Waals surface area contributed by atoms with Gasteiger partial charge >= 0.3 is 0 Å². The largest absolute Gasteiger partial charge is 0.382 e. The van der Waals surface area contributed by atoms with Crippen LogP contribution in [-0.2, 0) is 19.0 Å². The molecule has 0 fully saturated rings. The third kappa shape index (κ3) is 7.05. The maximum atomic E-state index is 11.2. The molecular formula is C13H22O4. The van der Waals surface area contributed by atoms with Gasteiger partial charge in [-0.1, -0.05) is 12.2 Å². The van der Waals surface area contributed by atoms with Gasteiger partial charge in [-0.05, 0) is 12.8 Å². The van der Waals surface area contributed by atoms with Crippen molar-refractivity contribution in [2.45, 2.75) is 24.9 Å². The number of ether oxygens (including phenoxy) is 3. The first-order valence-corrected chi connectivity index (χ1v) is 5.63. The predicted molar refractivity (Wildman–Crippen MR) is 66.8 cm³/mol. The van der Waals surface area contributed by atoms with Crippen LogP contribution in [0.4, 0.5) is 0 Å². The summed E-state index contributed by atoms with van der Waals surface area (Å²) >= 11 is 0. The van der Waals surface area contributed by atoms with Crippen LogP contribution in [0.15, 0.2) is 25.3 Å². The van der Waals surface area contributed by atoms with Crippen LogP contribution in [0.1, 0.15) is 19.3 Å². The Balaban J connectivity index is 4.10. The zero-order valence-electron chi connectivity index (χ0n) is 10.5. The molecule has 4 nitrogen and oxygen atoms in total. The van der Waals surface area contributed by atoms with Gasteiger partial charge in [-0.2, -0.15) is 0 Å². The summed E-state index contributed by atoms with van der Waals surface area (Å²) in [5, 5.41) is 0. The number of methoxy groups -OCH3 is 1. The number of hydrogen-bond donors (Lipinski definition) is 0. The molecule has 0 radical (unpaired) electrons. The average Bonchev–Trinajstić information content (AvgIpc) is 2.35. The fourth-order valence-corrected chi connectivity index (χ4v) is 1.33. The molecule has 0 aliphatic heterocycles. The molecule has 0 heterocycles. The Labute approximate surface area is 103 Å². The Hall–Kier alpha value is -0.970. The lowest BCUT2D eigenvalue weighted by Gasteiger charge is -2.26. The Morgan fingerprint density at radius 3 is 2.53 bits per heavy atom. The minimum absolute atomic E-state index is 0.0765. The number of rotatable bonds is 12. The van der Waals surface area contributed by atoms with Gasteiger partial charge in [0.25, 0.3) is 0 Å². The van der Waals surface area contributed by atoms with Crippen LogP contribution in [0, 0.1) is 0 Å². The van der Waals surface area contributed by atoms with Gasteiger partial charge < -0.3 is 19.0 Å². The monoisotopic (exact) mass is 242 g/mol. The normalized spacial score (nSPS) is 13.9. The van der Waals surface area contributed by atoms with Crippen LogP contribution in [0.25, 0.3) is 0 Å². The van der Waals surface area contributed by atoms with Crippen molar-refractivity contribution in [2.24, 2.45) is 0 Å². The van der Waals surface area contributed by atoms with E-state index in [9.17, 15) is 4.79 Å². The number of hydrogen-bond acceptors (Lipinski definition) is 4. The summed E-state index contributed by atoms with van der Waals surface area (Å²) in [7, 11) is 1.60. The number of allylic oxidation sites excluding steroid dienone is 1. The molecular weight excluding hydrogens is 220 g/mol. The first kappa shape index (κ1) is 16.0. The second-order valence-corrected chi connectivity index (χ2v) is 3.67. The predicted octanol–water partition coefficient (Wildman–Crippen LogP) is 2.10. The van der Waals surface area contributed by atoms with E-state index in [1.165, 1.54) is 0 Å². The highest BCUT2D eigenvalue weighted by Crippen LogP contribution is 2.21. The molecule has 0 spiro atoms. The topological polar surface area (TPSA) is 44.8 Å². The zero-order valence-corrected chi connectivity index (χ0v) is 10.5. The molecule has 0 N–H and O–H groups in total. The fraction of sp³-hybridized carbons (Fsp3) is 0.615. The molecule has 0 rings (SSSR count). The van der Waals surface area contributed by atoms with Crippen molar-refractivity contribution in [3.8, 4) is 0 Å². The second-order valence-electron chi connectivity index (χ2n) is 3.67. The molecule has 4 heteroatoms. The van der Waals surface area contributed by atoms with E-state index >= 15 is 0 Å². The minimum Gasteiger partial charge on any atom is -0.382 e. The highest BCUT2D eigenvalue weighted by atomic mass is 16.7. The van der Waals surface area contributed by atoms with Gasteiger partial charge in [-0.25, -0.2) is 0 Å². The molecule has 0 amide bonds. The molecule has 98 valence electrons. The van der Waals surface area contributed by atoms with Gasteiger partial charge in [-0.3, -0.25) is 0 Å². The molecule has 0 aliphatic rings. The first-order chi connectivity index (χ1) is 8.24. The quantitative estimate of drug-likeness (QED) is 0.227. The van der Waals surface area contributed by atoms with E-state index in [-0.39, 0.29) is 6.79 Å². The third-order valence-corrected chi connectivity index (χ3v) is 2.34. The Bertz CT molecular complexity index is 227. The second kappa shape index (κ2) is 10.2. The van der Waals surface area contributed by atoms with E-state index in [4.69, 9.17) is 14.2 Å². The van der Waals surface area contributed by atoms with E-state index in [0.29, 0.717) is 32.5 Å². The van der Waals surface area contributed by atoms with Crippen LogP contribution < -0.4 is 0 Å². The molecule has 1 unspecified atom stereocenters. The Morgan fingerprint density at radius 2 is 2.00 bits per heavy atom. The van der Waals surface area contributed by atoms with E-state index in [1.54, 1.807) is 19.3 Å². The maximum Gasteiger partial charge on any atom is 0.152 e. The molecule has 0 saturated carbocycles. The summed E-state index contributed by atoms with van der Waals surface area (Å²) in [6.45, 7) is 8.29. The summed E-state index contributed by atoms with van der Waals surface area (Å²) < 4.78 is 15.5. The van der Waals surface area contributed by atoms with Crippen molar-refractivity contribution < 1.29 is 19.0 Å². The summed E-state index contributed by atoms with van der Waals surface area (Å²) in [6, 6.07) is 0. The van der Waals surface area contributed by atoms with Crippen LogP contribution in [0.2, 0.25) is 0 Å². The van der Waals surface area contributed by atoms with Crippen molar-refractivity contribution in [1.29, 1.82) is 0 Å². The molecule has 0 bridgehead atoms. The zero-order chi connectivity index (χ0) is 13.0. The van der Waals surface area contributed by atoms with Gasteiger partial charge in [-0.15, -0.1) is 13.2 Å². The van der Waals surface area contributed by atoms with E-state index in [0.717, 1.165) is 6.29 Å². The summed E-state index contributed by atoms with van der Waals surface area (Å²) in [4.78, 5) is 11.2. The van der Waals surface area contributed by atoms with Crippen LogP contribution >= 0.6 is 0 Å².